The molecule has 0 aliphatic carbocycles. The Balaban J connectivity index is 1.35. The number of nitrogens with one attached hydrogen (secondary N) is 2. The van der Waals surface area contributed by atoms with Crippen LogP contribution in [0.2, 0.25) is 0 Å². The quantitative estimate of drug-likeness (QED) is 0.801. The van der Waals surface area contributed by atoms with E-state index in [1.54, 1.807) is 17.0 Å². The van der Waals surface area contributed by atoms with Crippen molar-refractivity contribution in [3.63, 3.8) is 0 Å². The molecule has 2 fully saturated rings. The topological polar surface area (TPSA) is 78.5 Å². The molecule has 2 aromatic carbocycles. The lowest BCUT2D eigenvalue weighted by molar-refractivity contribution is -0.128. The van der Waals surface area contributed by atoms with Gasteiger partial charge in [-0.1, -0.05) is 49.4 Å². The van der Waals surface area contributed by atoms with E-state index in [-0.39, 0.29) is 17.7 Å². The molecule has 0 aromatic heterocycles. The molecule has 0 saturated carbocycles. The molecular formula is C24H27N3O3. The summed E-state index contributed by atoms with van der Waals surface area (Å²) in [5, 5.41) is 5.78. The Labute approximate surface area is 176 Å². The second-order valence-corrected chi connectivity index (χ2v) is 8.24. The molecule has 1 spiro atoms. The van der Waals surface area contributed by atoms with Crippen molar-refractivity contribution in [2.75, 3.05) is 13.1 Å². The van der Waals surface area contributed by atoms with Gasteiger partial charge in [0, 0.05) is 25.2 Å². The first-order chi connectivity index (χ1) is 14.5. The number of rotatable bonds is 5. The van der Waals surface area contributed by atoms with Gasteiger partial charge >= 0.3 is 0 Å². The number of likely N-dealkylation sites (tertiary alicyclic amines) is 1. The van der Waals surface area contributed by atoms with Crippen LogP contribution in [0.1, 0.15) is 41.3 Å². The predicted octanol–water partition coefficient (Wildman–Crippen LogP) is 2.29. The third-order valence-corrected chi connectivity index (χ3v) is 6.26. The second kappa shape index (κ2) is 8.30. The minimum Gasteiger partial charge on any atom is -0.350 e. The fourth-order valence-corrected chi connectivity index (χ4v) is 4.37. The van der Waals surface area contributed by atoms with Crippen LogP contribution >= 0.6 is 0 Å². The van der Waals surface area contributed by atoms with Crippen LogP contribution in [0.4, 0.5) is 0 Å². The minimum absolute atomic E-state index is 0.0660. The summed E-state index contributed by atoms with van der Waals surface area (Å²) in [7, 11) is 0. The predicted molar refractivity (Wildman–Crippen MR) is 114 cm³/mol. The van der Waals surface area contributed by atoms with Crippen LogP contribution in [-0.2, 0) is 22.6 Å². The molecule has 2 heterocycles. The molecule has 2 atom stereocenters. The van der Waals surface area contributed by atoms with Gasteiger partial charge in [-0.2, -0.15) is 0 Å². The van der Waals surface area contributed by atoms with Crippen molar-refractivity contribution >= 4 is 17.7 Å². The van der Waals surface area contributed by atoms with Crippen LogP contribution < -0.4 is 10.6 Å². The van der Waals surface area contributed by atoms with E-state index < -0.39 is 11.5 Å². The summed E-state index contributed by atoms with van der Waals surface area (Å²) in [6.07, 6.45) is 1.98. The van der Waals surface area contributed by atoms with Crippen molar-refractivity contribution in [2.45, 2.75) is 38.8 Å². The molecule has 6 nitrogen and oxygen atoms in total. The number of nitrogens with zero attached hydrogens (tertiary/aromatic N) is 1. The summed E-state index contributed by atoms with van der Waals surface area (Å²) in [4.78, 5) is 39.8. The van der Waals surface area contributed by atoms with Gasteiger partial charge in [0.05, 0.1) is 5.41 Å². The molecule has 156 valence electrons. The smallest absolute Gasteiger partial charge is 0.253 e. The zero-order valence-electron chi connectivity index (χ0n) is 17.2. The molecule has 0 unspecified atom stereocenters. The van der Waals surface area contributed by atoms with Gasteiger partial charge in [-0.3, -0.25) is 14.4 Å². The van der Waals surface area contributed by atoms with Crippen molar-refractivity contribution in [3.05, 3.63) is 71.3 Å². The van der Waals surface area contributed by atoms with E-state index in [1.807, 2.05) is 30.3 Å². The highest BCUT2D eigenvalue weighted by molar-refractivity contribution is 5.97. The van der Waals surface area contributed by atoms with Crippen LogP contribution in [-0.4, -0.2) is 41.8 Å². The number of benzene rings is 2. The largest absolute Gasteiger partial charge is 0.350 e. The lowest BCUT2D eigenvalue weighted by Gasteiger charge is -2.21. The Morgan fingerprint density at radius 2 is 1.80 bits per heavy atom. The minimum atomic E-state index is -0.671. The first-order valence-corrected chi connectivity index (χ1v) is 10.5. The maximum absolute atomic E-state index is 12.7. The van der Waals surface area contributed by atoms with Gasteiger partial charge in [-0.15, -0.1) is 0 Å². The molecule has 0 radical (unpaired) electrons. The number of hydrogen-bond donors (Lipinski definition) is 2. The summed E-state index contributed by atoms with van der Waals surface area (Å²) in [6.45, 7) is 3.42. The second-order valence-electron chi connectivity index (χ2n) is 8.24. The van der Waals surface area contributed by atoms with Crippen molar-refractivity contribution in [1.29, 1.82) is 0 Å². The van der Waals surface area contributed by atoms with Gasteiger partial charge in [0.15, 0.2) is 0 Å². The average molecular weight is 405 g/mol. The Hall–Kier alpha value is -3.15. The SMILES string of the molecule is CCc1ccc(CNC(=O)[C@@H]2C[C@@]3(CCN(C(=O)c4ccccc4)C3)C(=O)N2)cc1. The fourth-order valence-electron chi connectivity index (χ4n) is 4.37. The van der Waals surface area contributed by atoms with Crippen molar-refractivity contribution < 1.29 is 14.4 Å². The van der Waals surface area contributed by atoms with E-state index in [0.717, 1.165) is 12.0 Å². The molecule has 6 heteroatoms. The number of carbonyl (C=O) groups excluding carboxylic acids is 3. The zero-order chi connectivity index (χ0) is 21.1. The third kappa shape index (κ3) is 3.95. The lowest BCUT2D eigenvalue weighted by atomic mass is 9.84. The number of amides is 3. The first-order valence-electron chi connectivity index (χ1n) is 10.5. The van der Waals surface area contributed by atoms with Crippen molar-refractivity contribution in [3.8, 4) is 0 Å². The van der Waals surface area contributed by atoms with E-state index in [4.69, 9.17) is 0 Å². The van der Waals surface area contributed by atoms with Crippen molar-refractivity contribution in [2.24, 2.45) is 5.41 Å². The fraction of sp³-hybridized carbons (Fsp3) is 0.375. The highest BCUT2D eigenvalue weighted by Gasteiger charge is 2.53. The van der Waals surface area contributed by atoms with Crippen LogP contribution in [0.15, 0.2) is 54.6 Å². The molecule has 2 N–H and O–H groups in total. The first kappa shape index (κ1) is 20.1. The van der Waals surface area contributed by atoms with Crippen LogP contribution in [0.5, 0.6) is 0 Å². The molecule has 2 aliphatic heterocycles. The maximum Gasteiger partial charge on any atom is 0.253 e. The molecule has 2 saturated heterocycles. The van der Waals surface area contributed by atoms with E-state index in [9.17, 15) is 14.4 Å². The standard InChI is InChI=1S/C24H27N3O3/c1-2-17-8-10-18(11-9-17)15-25-21(28)20-14-24(23(30)26-20)12-13-27(16-24)22(29)19-6-4-3-5-7-19/h3-11,20H,2,12-16H2,1H3,(H,25,28)(H,26,30)/t20-,24+/m0/s1. The number of aryl methyl sites for hydroxylation is 1. The highest BCUT2D eigenvalue weighted by atomic mass is 16.2. The van der Waals surface area contributed by atoms with Gasteiger partial charge < -0.3 is 15.5 Å². The third-order valence-electron chi connectivity index (χ3n) is 6.26. The number of carbonyl (C=O) groups is 3. The van der Waals surface area contributed by atoms with E-state index in [2.05, 4.69) is 29.7 Å². The van der Waals surface area contributed by atoms with Crippen LogP contribution in [0.25, 0.3) is 0 Å². The highest BCUT2D eigenvalue weighted by Crippen LogP contribution is 2.40. The summed E-state index contributed by atoms with van der Waals surface area (Å²) >= 11 is 0. The van der Waals surface area contributed by atoms with Gasteiger partial charge in [0.2, 0.25) is 11.8 Å². The average Bonchev–Trinajstić information content (AvgIpc) is 3.36. The van der Waals surface area contributed by atoms with Gasteiger partial charge in [-0.25, -0.2) is 0 Å². The normalized spacial score (nSPS) is 22.9. The van der Waals surface area contributed by atoms with E-state index in [0.29, 0.717) is 38.0 Å². The molecule has 0 bridgehead atoms. The van der Waals surface area contributed by atoms with Crippen molar-refractivity contribution in [1.82, 2.24) is 15.5 Å². The molecule has 2 aromatic rings. The molecule has 2 aliphatic rings. The van der Waals surface area contributed by atoms with Gasteiger partial charge in [-0.05, 0) is 42.5 Å². The Morgan fingerprint density at radius 3 is 2.50 bits per heavy atom. The zero-order valence-corrected chi connectivity index (χ0v) is 17.2. The van der Waals surface area contributed by atoms with Gasteiger partial charge in [0.25, 0.3) is 5.91 Å². The molecular weight excluding hydrogens is 378 g/mol. The summed E-state index contributed by atoms with van der Waals surface area (Å²) in [6, 6.07) is 16.7. The summed E-state index contributed by atoms with van der Waals surface area (Å²) in [5.74, 6) is -0.366. The van der Waals surface area contributed by atoms with E-state index in [1.165, 1.54) is 5.56 Å². The summed E-state index contributed by atoms with van der Waals surface area (Å²) in [5.41, 5.74) is 2.23. The van der Waals surface area contributed by atoms with E-state index >= 15 is 0 Å². The van der Waals surface area contributed by atoms with Crippen LogP contribution in [0, 0.1) is 5.41 Å². The molecule has 3 amide bonds. The molecule has 4 rings (SSSR count). The Bertz CT molecular complexity index is 942. The van der Waals surface area contributed by atoms with Crippen LogP contribution in [0.3, 0.4) is 0 Å². The Morgan fingerprint density at radius 1 is 1.10 bits per heavy atom. The summed E-state index contributed by atoms with van der Waals surface area (Å²) < 4.78 is 0. The van der Waals surface area contributed by atoms with Gasteiger partial charge in [0.1, 0.15) is 6.04 Å². The Kier molecular flexibility index (Phi) is 5.57. The monoisotopic (exact) mass is 405 g/mol. The number of hydrogen-bond acceptors (Lipinski definition) is 3. The lowest BCUT2D eigenvalue weighted by Crippen LogP contribution is -2.41. The molecule has 30 heavy (non-hydrogen) atoms. The maximum atomic E-state index is 12.7.